The quantitative estimate of drug-likeness (QED) is 0.604. The van der Waals surface area contributed by atoms with Crippen LogP contribution in [0.25, 0.3) is 0 Å². The van der Waals surface area contributed by atoms with Crippen LogP contribution < -0.4 is 15.4 Å². The fourth-order valence-corrected chi connectivity index (χ4v) is 2.85. The summed E-state index contributed by atoms with van der Waals surface area (Å²) in [4.78, 5) is 24.8. The first-order valence-electron chi connectivity index (χ1n) is 9.58. The number of benzene rings is 3. The van der Waals surface area contributed by atoms with E-state index in [-0.39, 0.29) is 11.8 Å². The minimum atomic E-state index is -0.675. The number of amides is 2. The van der Waals surface area contributed by atoms with Gasteiger partial charge in [0.15, 0.2) is 6.10 Å². The molecule has 3 rings (SSSR count). The molecule has 5 heteroatoms. The smallest absolute Gasteiger partial charge is 0.265 e. The van der Waals surface area contributed by atoms with Gasteiger partial charge in [-0.05, 0) is 61.4 Å². The fourth-order valence-electron chi connectivity index (χ4n) is 2.85. The first kappa shape index (κ1) is 20.1. The Morgan fingerprint density at radius 1 is 0.862 bits per heavy atom. The highest BCUT2D eigenvalue weighted by Gasteiger charge is 2.15. The molecule has 0 saturated heterocycles. The van der Waals surface area contributed by atoms with Gasteiger partial charge in [0, 0.05) is 16.9 Å². The minimum absolute atomic E-state index is 0.188. The molecule has 3 aromatic rings. The molecule has 0 spiro atoms. The predicted octanol–water partition coefficient (Wildman–Crippen LogP) is 4.91. The van der Waals surface area contributed by atoms with Crippen LogP contribution in [0.3, 0.4) is 0 Å². The van der Waals surface area contributed by atoms with Crippen LogP contribution in [-0.4, -0.2) is 17.9 Å². The molecule has 0 aliphatic rings. The van der Waals surface area contributed by atoms with Crippen molar-refractivity contribution in [2.45, 2.75) is 26.4 Å². The van der Waals surface area contributed by atoms with Gasteiger partial charge in [0.25, 0.3) is 11.8 Å². The summed E-state index contributed by atoms with van der Waals surface area (Å²) in [5.74, 6) is 0.0905. The van der Waals surface area contributed by atoms with Gasteiger partial charge in [0.1, 0.15) is 5.75 Å². The van der Waals surface area contributed by atoms with Crippen molar-refractivity contribution in [1.82, 2.24) is 0 Å². The van der Waals surface area contributed by atoms with Gasteiger partial charge in [-0.15, -0.1) is 0 Å². The van der Waals surface area contributed by atoms with Crippen LogP contribution in [0.1, 0.15) is 29.8 Å². The van der Waals surface area contributed by atoms with Gasteiger partial charge in [0.2, 0.25) is 0 Å². The molecule has 2 N–H and O–H groups in total. The molecule has 0 radical (unpaired) electrons. The lowest BCUT2D eigenvalue weighted by Crippen LogP contribution is -2.30. The maximum absolute atomic E-state index is 12.5. The van der Waals surface area contributed by atoms with E-state index in [2.05, 4.69) is 10.6 Å². The largest absolute Gasteiger partial charge is 0.481 e. The summed E-state index contributed by atoms with van der Waals surface area (Å²) in [5.41, 5.74) is 3.13. The first-order valence-corrected chi connectivity index (χ1v) is 9.58. The SMILES string of the molecule is CCc1ccccc1NC(=O)c1ccc(O[C@H](C)C(=O)Nc2ccccc2)cc1. The second kappa shape index (κ2) is 9.55. The Labute approximate surface area is 170 Å². The predicted molar refractivity (Wildman–Crippen MR) is 115 cm³/mol. The Hall–Kier alpha value is -3.60. The summed E-state index contributed by atoms with van der Waals surface area (Å²) >= 11 is 0. The number of hydrogen-bond donors (Lipinski definition) is 2. The zero-order valence-corrected chi connectivity index (χ0v) is 16.5. The highest BCUT2D eigenvalue weighted by atomic mass is 16.5. The Balaban J connectivity index is 1.59. The van der Waals surface area contributed by atoms with E-state index in [4.69, 9.17) is 4.74 Å². The number of para-hydroxylation sites is 2. The zero-order chi connectivity index (χ0) is 20.6. The third kappa shape index (κ3) is 5.45. The molecule has 0 fully saturated rings. The van der Waals surface area contributed by atoms with Crippen LogP contribution in [0.2, 0.25) is 0 Å². The summed E-state index contributed by atoms with van der Waals surface area (Å²) in [5, 5.41) is 5.74. The van der Waals surface area contributed by atoms with Crippen molar-refractivity contribution in [3.05, 3.63) is 90.0 Å². The monoisotopic (exact) mass is 388 g/mol. The van der Waals surface area contributed by atoms with Crippen molar-refractivity contribution in [2.75, 3.05) is 10.6 Å². The highest BCUT2D eigenvalue weighted by Crippen LogP contribution is 2.19. The van der Waals surface area contributed by atoms with Crippen molar-refractivity contribution in [3.63, 3.8) is 0 Å². The van der Waals surface area contributed by atoms with Crippen LogP contribution >= 0.6 is 0 Å². The second-order valence-corrected chi connectivity index (χ2v) is 6.60. The molecule has 5 nitrogen and oxygen atoms in total. The molecule has 0 heterocycles. The minimum Gasteiger partial charge on any atom is -0.481 e. The third-order valence-electron chi connectivity index (χ3n) is 4.49. The molecule has 0 aliphatic carbocycles. The van der Waals surface area contributed by atoms with E-state index in [1.54, 1.807) is 31.2 Å². The van der Waals surface area contributed by atoms with Gasteiger partial charge < -0.3 is 15.4 Å². The molecule has 0 unspecified atom stereocenters. The lowest BCUT2D eigenvalue weighted by atomic mass is 10.1. The summed E-state index contributed by atoms with van der Waals surface area (Å²) in [6.45, 7) is 3.73. The maximum Gasteiger partial charge on any atom is 0.265 e. The number of aryl methyl sites for hydroxylation is 1. The van der Waals surface area contributed by atoms with Crippen molar-refractivity contribution in [2.24, 2.45) is 0 Å². The number of carbonyl (C=O) groups excluding carboxylic acids is 2. The topological polar surface area (TPSA) is 67.4 Å². The highest BCUT2D eigenvalue weighted by molar-refractivity contribution is 6.04. The summed E-state index contributed by atoms with van der Waals surface area (Å²) in [6, 6.07) is 23.7. The molecule has 29 heavy (non-hydrogen) atoms. The molecule has 0 bridgehead atoms. The van der Waals surface area contributed by atoms with Crippen molar-refractivity contribution >= 4 is 23.2 Å². The van der Waals surface area contributed by atoms with Crippen LogP contribution in [-0.2, 0) is 11.2 Å². The van der Waals surface area contributed by atoms with Crippen LogP contribution in [0, 0.1) is 0 Å². The van der Waals surface area contributed by atoms with E-state index in [9.17, 15) is 9.59 Å². The lowest BCUT2D eigenvalue weighted by Gasteiger charge is -2.15. The van der Waals surface area contributed by atoms with Gasteiger partial charge in [-0.2, -0.15) is 0 Å². The molecule has 0 aromatic heterocycles. The second-order valence-electron chi connectivity index (χ2n) is 6.60. The summed E-state index contributed by atoms with van der Waals surface area (Å²) in [6.07, 6.45) is 0.165. The zero-order valence-electron chi connectivity index (χ0n) is 16.5. The van der Waals surface area contributed by atoms with Gasteiger partial charge in [-0.1, -0.05) is 43.3 Å². The van der Waals surface area contributed by atoms with E-state index in [0.29, 0.717) is 17.0 Å². The van der Waals surface area contributed by atoms with Crippen molar-refractivity contribution in [3.8, 4) is 5.75 Å². The van der Waals surface area contributed by atoms with E-state index in [0.717, 1.165) is 17.7 Å². The molecule has 148 valence electrons. The van der Waals surface area contributed by atoms with Crippen LogP contribution in [0.5, 0.6) is 5.75 Å². The molecule has 0 aliphatic heterocycles. The third-order valence-corrected chi connectivity index (χ3v) is 4.49. The van der Waals surface area contributed by atoms with E-state index in [1.807, 2.05) is 61.5 Å². The number of anilines is 2. The van der Waals surface area contributed by atoms with E-state index in [1.165, 1.54) is 0 Å². The van der Waals surface area contributed by atoms with Crippen molar-refractivity contribution < 1.29 is 14.3 Å². The summed E-state index contributed by atoms with van der Waals surface area (Å²) in [7, 11) is 0. The number of rotatable bonds is 7. The lowest BCUT2D eigenvalue weighted by molar-refractivity contribution is -0.122. The van der Waals surface area contributed by atoms with Crippen LogP contribution in [0.15, 0.2) is 78.9 Å². The standard InChI is InChI=1S/C24H24N2O3/c1-3-18-9-7-8-12-22(18)26-24(28)19-13-15-21(16-14-19)29-17(2)23(27)25-20-10-5-4-6-11-20/h4-17H,3H2,1-2H3,(H,25,27)(H,26,28)/t17-/m1/s1. The van der Waals surface area contributed by atoms with Crippen molar-refractivity contribution in [1.29, 1.82) is 0 Å². The fraction of sp³-hybridized carbons (Fsp3) is 0.167. The number of nitrogens with one attached hydrogen (secondary N) is 2. The van der Waals surface area contributed by atoms with Gasteiger partial charge in [-0.3, -0.25) is 9.59 Å². The average molecular weight is 388 g/mol. The number of hydrogen-bond acceptors (Lipinski definition) is 3. The first-order chi connectivity index (χ1) is 14.1. The van der Waals surface area contributed by atoms with Gasteiger partial charge in [-0.25, -0.2) is 0 Å². The average Bonchev–Trinajstić information content (AvgIpc) is 2.75. The van der Waals surface area contributed by atoms with E-state index < -0.39 is 6.10 Å². The maximum atomic E-state index is 12.5. The van der Waals surface area contributed by atoms with E-state index >= 15 is 0 Å². The molecule has 2 amide bonds. The summed E-state index contributed by atoms with van der Waals surface area (Å²) < 4.78 is 5.69. The normalized spacial score (nSPS) is 11.4. The molecular formula is C24H24N2O3. The molecular weight excluding hydrogens is 364 g/mol. The number of ether oxygens (including phenoxy) is 1. The Morgan fingerprint density at radius 3 is 2.21 bits per heavy atom. The van der Waals surface area contributed by atoms with Gasteiger partial charge >= 0.3 is 0 Å². The Kier molecular flexibility index (Phi) is 6.63. The molecule has 3 aromatic carbocycles. The molecule has 1 atom stereocenters. The Morgan fingerprint density at radius 2 is 1.52 bits per heavy atom. The molecule has 0 saturated carbocycles. The number of carbonyl (C=O) groups is 2. The van der Waals surface area contributed by atoms with Gasteiger partial charge in [0.05, 0.1) is 0 Å². The van der Waals surface area contributed by atoms with Crippen LogP contribution in [0.4, 0.5) is 11.4 Å². The Bertz CT molecular complexity index is 969.